The van der Waals surface area contributed by atoms with E-state index in [-0.39, 0.29) is 11.9 Å². The predicted octanol–water partition coefficient (Wildman–Crippen LogP) is 3.39. The van der Waals surface area contributed by atoms with Crippen LogP contribution in [0.5, 0.6) is 0 Å². The van der Waals surface area contributed by atoms with E-state index in [9.17, 15) is 4.39 Å². The number of halogens is 2. The summed E-state index contributed by atoms with van der Waals surface area (Å²) in [6, 6.07) is 4.48. The van der Waals surface area contributed by atoms with Gasteiger partial charge in [0.05, 0.1) is 11.7 Å². The van der Waals surface area contributed by atoms with Gasteiger partial charge in [-0.3, -0.25) is 0 Å². The number of hydrogen-bond acceptors (Lipinski definition) is 2. The van der Waals surface area contributed by atoms with Crippen molar-refractivity contribution in [1.29, 1.82) is 0 Å². The smallest absolute Gasteiger partial charge is 0.147 e. The van der Waals surface area contributed by atoms with Gasteiger partial charge in [-0.15, -0.1) is 0 Å². The second kappa shape index (κ2) is 4.75. The normalized spacial score (nSPS) is 12.5. The monoisotopic (exact) mass is 253 g/mol. The summed E-state index contributed by atoms with van der Waals surface area (Å²) in [6.07, 6.45) is 3.57. The molecule has 3 nitrogen and oxygen atoms in total. The summed E-state index contributed by atoms with van der Waals surface area (Å²) in [5.74, 6) is 0.484. The molecule has 1 atom stereocenters. The van der Waals surface area contributed by atoms with Crippen LogP contribution in [0.15, 0.2) is 30.6 Å². The highest BCUT2D eigenvalue weighted by Crippen LogP contribution is 2.23. The number of hydrogen-bond donors (Lipinski definition) is 1. The number of nitrogens with zero attached hydrogens (tertiary/aromatic N) is 2. The quantitative estimate of drug-likeness (QED) is 0.909. The Bertz CT molecular complexity index is 524. The SMILES string of the molecule is CC(Nc1ccc(Cl)cc1F)c1nccn1C. The molecule has 0 radical (unpaired) electrons. The lowest BCUT2D eigenvalue weighted by Crippen LogP contribution is -2.12. The summed E-state index contributed by atoms with van der Waals surface area (Å²) in [5.41, 5.74) is 0.421. The lowest BCUT2D eigenvalue weighted by Gasteiger charge is -2.15. The van der Waals surface area contributed by atoms with E-state index in [2.05, 4.69) is 10.3 Å². The van der Waals surface area contributed by atoms with E-state index < -0.39 is 0 Å². The largest absolute Gasteiger partial charge is 0.373 e. The zero-order valence-electron chi connectivity index (χ0n) is 9.61. The lowest BCUT2D eigenvalue weighted by molar-refractivity contribution is 0.624. The summed E-state index contributed by atoms with van der Waals surface area (Å²) in [5, 5.41) is 3.45. The van der Waals surface area contributed by atoms with E-state index >= 15 is 0 Å². The van der Waals surface area contributed by atoms with E-state index in [0.717, 1.165) is 5.82 Å². The molecule has 0 fully saturated rings. The fraction of sp³-hybridized carbons (Fsp3) is 0.250. The Labute approximate surface area is 104 Å². The van der Waals surface area contributed by atoms with Gasteiger partial charge in [-0.2, -0.15) is 0 Å². The number of anilines is 1. The molecule has 0 aliphatic rings. The van der Waals surface area contributed by atoms with Gasteiger partial charge >= 0.3 is 0 Å². The average Bonchev–Trinajstić information content (AvgIpc) is 2.68. The van der Waals surface area contributed by atoms with Crippen LogP contribution in [0.4, 0.5) is 10.1 Å². The Morgan fingerprint density at radius 3 is 2.82 bits per heavy atom. The summed E-state index contributed by atoms with van der Waals surface area (Å²) < 4.78 is 15.5. The predicted molar refractivity (Wildman–Crippen MR) is 66.7 cm³/mol. The van der Waals surface area contributed by atoms with Crippen molar-refractivity contribution in [2.45, 2.75) is 13.0 Å². The molecule has 1 heterocycles. The summed E-state index contributed by atoms with van der Waals surface area (Å²) in [4.78, 5) is 4.21. The first-order chi connectivity index (χ1) is 8.08. The van der Waals surface area contributed by atoms with Crippen molar-refractivity contribution in [1.82, 2.24) is 9.55 Å². The van der Waals surface area contributed by atoms with Gasteiger partial charge in [0.15, 0.2) is 0 Å². The number of benzene rings is 1. The average molecular weight is 254 g/mol. The van der Waals surface area contributed by atoms with Gasteiger partial charge in [0.2, 0.25) is 0 Å². The minimum Gasteiger partial charge on any atom is -0.373 e. The number of rotatable bonds is 3. The van der Waals surface area contributed by atoms with E-state index in [4.69, 9.17) is 11.6 Å². The van der Waals surface area contributed by atoms with Crippen LogP contribution in [0.2, 0.25) is 5.02 Å². The fourth-order valence-electron chi connectivity index (χ4n) is 1.70. The number of imidazole rings is 1. The second-order valence-corrected chi connectivity index (χ2v) is 4.32. The highest BCUT2D eigenvalue weighted by molar-refractivity contribution is 6.30. The lowest BCUT2D eigenvalue weighted by atomic mass is 10.2. The molecular formula is C12H13ClFN3. The van der Waals surface area contributed by atoms with Crippen molar-refractivity contribution in [2.24, 2.45) is 7.05 Å². The number of nitrogens with one attached hydrogen (secondary N) is 1. The molecule has 0 spiro atoms. The van der Waals surface area contributed by atoms with Crippen molar-refractivity contribution in [2.75, 3.05) is 5.32 Å². The maximum atomic E-state index is 13.6. The first-order valence-corrected chi connectivity index (χ1v) is 5.64. The van der Waals surface area contributed by atoms with Crippen molar-refractivity contribution >= 4 is 17.3 Å². The van der Waals surface area contributed by atoms with Gasteiger partial charge in [0.25, 0.3) is 0 Å². The molecule has 1 unspecified atom stereocenters. The highest BCUT2D eigenvalue weighted by Gasteiger charge is 2.12. The van der Waals surface area contributed by atoms with Gasteiger partial charge in [0, 0.05) is 24.5 Å². The standard InChI is InChI=1S/C12H13ClFN3/c1-8(12-15-5-6-17(12)2)16-11-4-3-9(13)7-10(11)14/h3-8,16H,1-2H3. The second-order valence-electron chi connectivity index (χ2n) is 3.89. The molecule has 0 bridgehead atoms. The maximum Gasteiger partial charge on any atom is 0.147 e. The van der Waals surface area contributed by atoms with E-state index in [1.165, 1.54) is 6.07 Å². The van der Waals surface area contributed by atoms with Gasteiger partial charge in [-0.05, 0) is 25.1 Å². The van der Waals surface area contributed by atoms with Crippen LogP contribution in [0.3, 0.4) is 0 Å². The molecule has 0 aliphatic carbocycles. The van der Waals surface area contributed by atoms with Gasteiger partial charge in [0.1, 0.15) is 11.6 Å². The Morgan fingerprint density at radius 2 is 2.24 bits per heavy atom. The molecule has 0 saturated carbocycles. The number of aryl methyl sites for hydroxylation is 1. The third kappa shape index (κ3) is 2.58. The van der Waals surface area contributed by atoms with Crippen LogP contribution in [-0.4, -0.2) is 9.55 Å². The van der Waals surface area contributed by atoms with Crippen molar-refractivity contribution in [3.05, 3.63) is 47.3 Å². The Hall–Kier alpha value is -1.55. The molecule has 2 rings (SSSR count). The van der Waals surface area contributed by atoms with Crippen LogP contribution in [-0.2, 0) is 7.05 Å². The minimum atomic E-state index is -0.362. The highest BCUT2D eigenvalue weighted by atomic mass is 35.5. The molecule has 0 amide bonds. The molecular weight excluding hydrogens is 241 g/mol. The number of aromatic nitrogens is 2. The summed E-state index contributed by atoms with van der Waals surface area (Å²) in [6.45, 7) is 1.93. The zero-order chi connectivity index (χ0) is 12.4. The zero-order valence-corrected chi connectivity index (χ0v) is 10.4. The Morgan fingerprint density at radius 1 is 1.47 bits per heavy atom. The first-order valence-electron chi connectivity index (χ1n) is 5.26. The molecule has 0 saturated heterocycles. The summed E-state index contributed by atoms with van der Waals surface area (Å²) >= 11 is 5.69. The van der Waals surface area contributed by atoms with Crippen molar-refractivity contribution in [3.63, 3.8) is 0 Å². The van der Waals surface area contributed by atoms with Crippen molar-refractivity contribution < 1.29 is 4.39 Å². The van der Waals surface area contributed by atoms with E-state index in [1.807, 2.05) is 24.7 Å². The van der Waals surface area contributed by atoms with Crippen molar-refractivity contribution in [3.8, 4) is 0 Å². The van der Waals surface area contributed by atoms with Crippen LogP contribution in [0.1, 0.15) is 18.8 Å². The minimum absolute atomic E-state index is 0.0781. The molecule has 1 N–H and O–H groups in total. The van der Waals surface area contributed by atoms with Crippen LogP contribution >= 0.6 is 11.6 Å². The molecule has 2 aromatic rings. The third-order valence-electron chi connectivity index (χ3n) is 2.55. The van der Waals surface area contributed by atoms with E-state index in [0.29, 0.717) is 10.7 Å². The summed E-state index contributed by atoms with van der Waals surface area (Å²) in [7, 11) is 1.90. The van der Waals surface area contributed by atoms with Gasteiger partial charge < -0.3 is 9.88 Å². The fourth-order valence-corrected chi connectivity index (χ4v) is 1.86. The molecule has 1 aromatic carbocycles. The maximum absolute atomic E-state index is 13.6. The van der Waals surface area contributed by atoms with E-state index in [1.54, 1.807) is 18.3 Å². The third-order valence-corrected chi connectivity index (χ3v) is 2.78. The van der Waals surface area contributed by atoms with Gasteiger partial charge in [-0.25, -0.2) is 9.37 Å². The molecule has 0 aliphatic heterocycles. The molecule has 17 heavy (non-hydrogen) atoms. The van der Waals surface area contributed by atoms with Crippen LogP contribution in [0, 0.1) is 5.82 Å². The Balaban J connectivity index is 2.19. The topological polar surface area (TPSA) is 29.9 Å². The first kappa shape index (κ1) is 11.9. The van der Waals surface area contributed by atoms with Gasteiger partial charge in [-0.1, -0.05) is 11.6 Å². The van der Waals surface area contributed by atoms with Crippen LogP contribution < -0.4 is 5.32 Å². The molecule has 5 heteroatoms. The molecule has 1 aromatic heterocycles. The Kier molecular flexibility index (Phi) is 3.33. The van der Waals surface area contributed by atoms with Crippen LogP contribution in [0.25, 0.3) is 0 Å². The molecule has 90 valence electrons.